The van der Waals surface area contributed by atoms with E-state index in [1.54, 1.807) is 29.2 Å². The van der Waals surface area contributed by atoms with Crippen molar-refractivity contribution in [2.24, 2.45) is 0 Å². The van der Waals surface area contributed by atoms with Gasteiger partial charge in [-0.25, -0.2) is 0 Å². The van der Waals surface area contributed by atoms with Gasteiger partial charge in [-0.1, -0.05) is 65.8 Å². The summed E-state index contributed by atoms with van der Waals surface area (Å²) in [5, 5.41) is 2.85. The normalized spacial score (nSPS) is 14.7. The largest absolute Gasteiger partial charge is 0.483 e. The monoisotopic (exact) mass is 452 g/mol. The van der Waals surface area contributed by atoms with Crippen molar-refractivity contribution in [2.75, 3.05) is 38.2 Å². The van der Waals surface area contributed by atoms with Gasteiger partial charge in [0, 0.05) is 13.1 Å². The lowest BCUT2D eigenvalue weighted by molar-refractivity contribution is -0.118. The van der Waals surface area contributed by atoms with Gasteiger partial charge in [-0.2, -0.15) is 0 Å². The molecular weight excluding hydrogens is 416 g/mol. The molecule has 0 bridgehead atoms. The molecule has 2 aromatic rings. The molecule has 6 heteroatoms. The van der Waals surface area contributed by atoms with Gasteiger partial charge in [-0.05, 0) is 40.2 Å². The summed E-state index contributed by atoms with van der Waals surface area (Å²) in [4.78, 5) is 27.4. The molecule has 1 aliphatic heterocycles. The number of ether oxygens (including phenoxy) is 2. The van der Waals surface area contributed by atoms with Crippen LogP contribution in [0, 0.1) is 0 Å². The zero-order chi connectivity index (χ0) is 24.2. The maximum absolute atomic E-state index is 12.9. The smallest absolute Gasteiger partial charge is 0.262 e. The minimum atomic E-state index is -0.308. The molecule has 2 aromatic carbocycles. The molecule has 178 valence electrons. The number of amides is 2. The second-order valence-corrected chi connectivity index (χ2v) is 10.5. The molecule has 0 aliphatic carbocycles. The average molecular weight is 453 g/mol. The summed E-state index contributed by atoms with van der Waals surface area (Å²) >= 11 is 0. The third kappa shape index (κ3) is 6.35. The molecule has 1 heterocycles. The standard InChI is InChI=1S/C27H36N2O4/c1-26(2,3)19-11-12-23(21(17-19)27(4,5)6)33-18-24(30)28-22-10-8-7-9-20(22)25(31)29-13-15-32-16-14-29/h7-12,17H,13-16,18H2,1-6H3,(H,28,30). The van der Waals surface area contributed by atoms with Gasteiger partial charge >= 0.3 is 0 Å². The van der Waals surface area contributed by atoms with Crippen molar-refractivity contribution in [1.29, 1.82) is 0 Å². The lowest BCUT2D eigenvalue weighted by Gasteiger charge is -2.28. The molecule has 0 unspecified atom stereocenters. The summed E-state index contributed by atoms with van der Waals surface area (Å²) in [6.07, 6.45) is 0. The molecule has 1 fully saturated rings. The first-order chi connectivity index (χ1) is 15.5. The fraction of sp³-hybridized carbons (Fsp3) is 0.481. The van der Waals surface area contributed by atoms with E-state index in [4.69, 9.17) is 9.47 Å². The highest BCUT2D eigenvalue weighted by molar-refractivity contribution is 6.04. The van der Waals surface area contributed by atoms with E-state index in [2.05, 4.69) is 59.0 Å². The van der Waals surface area contributed by atoms with Crippen LogP contribution in [0.4, 0.5) is 5.69 Å². The molecule has 1 N–H and O–H groups in total. The molecule has 3 rings (SSSR count). The predicted octanol–water partition coefficient (Wildman–Crippen LogP) is 4.77. The van der Waals surface area contributed by atoms with Crippen molar-refractivity contribution >= 4 is 17.5 Å². The molecule has 0 atom stereocenters. The summed E-state index contributed by atoms with van der Waals surface area (Å²) in [6, 6.07) is 13.2. The van der Waals surface area contributed by atoms with E-state index in [-0.39, 0.29) is 29.3 Å². The van der Waals surface area contributed by atoms with Gasteiger partial charge in [0.2, 0.25) is 0 Å². The fourth-order valence-electron chi connectivity index (χ4n) is 3.75. The van der Waals surface area contributed by atoms with Gasteiger partial charge in [-0.3, -0.25) is 9.59 Å². The van der Waals surface area contributed by atoms with Gasteiger partial charge in [-0.15, -0.1) is 0 Å². The number of carbonyl (C=O) groups excluding carboxylic acids is 2. The Bertz CT molecular complexity index is 996. The highest BCUT2D eigenvalue weighted by atomic mass is 16.5. The minimum absolute atomic E-state index is 0.0205. The number of rotatable bonds is 5. The predicted molar refractivity (Wildman–Crippen MR) is 131 cm³/mol. The topological polar surface area (TPSA) is 67.9 Å². The lowest BCUT2D eigenvalue weighted by atomic mass is 9.80. The Morgan fingerprint density at radius 2 is 1.64 bits per heavy atom. The quantitative estimate of drug-likeness (QED) is 0.710. The zero-order valence-corrected chi connectivity index (χ0v) is 20.7. The highest BCUT2D eigenvalue weighted by Crippen LogP contribution is 2.35. The van der Waals surface area contributed by atoms with Crippen LogP contribution in [0.5, 0.6) is 5.75 Å². The minimum Gasteiger partial charge on any atom is -0.483 e. The molecule has 1 aliphatic rings. The Morgan fingerprint density at radius 1 is 0.970 bits per heavy atom. The van der Waals surface area contributed by atoms with Crippen molar-refractivity contribution < 1.29 is 19.1 Å². The van der Waals surface area contributed by atoms with Crippen molar-refractivity contribution in [1.82, 2.24) is 4.90 Å². The molecule has 0 radical (unpaired) electrons. The van der Waals surface area contributed by atoms with Crippen molar-refractivity contribution in [3.8, 4) is 5.75 Å². The van der Waals surface area contributed by atoms with E-state index in [9.17, 15) is 9.59 Å². The molecular formula is C27H36N2O4. The Hall–Kier alpha value is -2.86. The van der Waals surface area contributed by atoms with Crippen molar-refractivity contribution in [2.45, 2.75) is 52.4 Å². The first kappa shape index (κ1) is 24.8. The Labute approximate surface area is 197 Å². The van der Waals surface area contributed by atoms with E-state index >= 15 is 0 Å². The summed E-state index contributed by atoms with van der Waals surface area (Å²) in [5.41, 5.74) is 3.13. The van der Waals surface area contributed by atoms with Crippen LogP contribution in [-0.2, 0) is 20.4 Å². The van der Waals surface area contributed by atoms with Crippen LogP contribution in [0.2, 0.25) is 0 Å². The Kier molecular flexibility index (Phi) is 7.48. The van der Waals surface area contributed by atoms with Gasteiger partial charge in [0.05, 0.1) is 24.5 Å². The number of nitrogens with zero attached hydrogens (tertiary/aromatic N) is 1. The molecule has 6 nitrogen and oxygen atoms in total. The van der Waals surface area contributed by atoms with Crippen LogP contribution >= 0.6 is 0 Å². The average Bonchev–Trinajstić information content (AvgIpc) is 2.77. The van der Waals surface area contributed by atoms with Crippen LogP contribution in [0.25, 0.3) is 0 Å². The van der Waals surface area contributed by atoms with E-state index < -0.39 is 0 Å². The number of morpholine rings is 1. The van der Waals surface area contributed by atoms with Crippen LogP contribution < -0.4 is 10.1 Å². The maximum atomic E-state index is 12.9. The second kappa shape index (κ2) is 9.96. The summed E-state index contributed by atoms with van der Waals surface area (Å²) in [5.74, 6) is 0.281. The van der Waals surface area contributed by atoms with Crippen LogP contribution in [0.3, 0.4) is 0 Å². The van der Waals surface area contributed by atoms with E-state index in [1.165, 1.54) is 5.56 Å². The summed E-state index contributed by atoms with van der Waals surface area (Å²) < 4.78 is 11.3. The number of benzene rings is 2. The first-order valence-corrected chi connectivity index (χ1v) is 11.5. The fourth-order valence-corrected chi connectivity index (χ4v) is 3.75. The maximum Gasteiger partial charge on any atom is 0.262 e. The molecule has 33 heavy (non-hydrogen) atoms. The highest BCUT2D eigenvalue weighted by Gasteiger charge is 2.24. The molecule has 0 spiro atoms. The van der Waals surface area contributed by atoms with Crippen LogP contribution in [-0.4, -0.2) is 49.6 Å². The lowest BCUT2D eigenvalue weighted by Crippen LogP contribution is -2.41. The number of hydrogen-bond donors (Lipinski definition) is 1. The zero-order valence-electron chi connectivity index (χ0n) is 20.7. The second-order valence-electron chi connectivity index (χ2n) is 10.5. The molecule has 0 aromatic heterocycles. The first-order valence-electron chi connectivity index (χ1n) is 11.5. The number of nitrogens with one attached hydrogen (secondary N) is 1. The van der Waals surface area contributed by atoms with Crippen molar-refractivity contribution in [3.63, 3.8) is 0 Å². The van der Waals surface area contributed by atoms with Gasteiger partial charge in [0.1, 0.15) is 5.75 Å². The Morgan fingerprint density at radius 3 is 2.27 bits per heavy atom. The third-order valence-corrected chi connectivity index (χ3v) is 5.74. The number of hydrogen-bond acceptors (Lipinski definition) is 4. The summed E-state index contributed by atoms with van der Waals surface area (Å²) in [6.45, 7) is 14.9. The van der Waals surface area contributed by atoms with Crippen LogP contribution in [0.1, 0.15) is 63.0 Å². The molecule has 2 amide bonds. The number of anilines is 1. The number of carbonyl (C=O) groups is 2. The van der Waals surface area contributed by atoms with E-state index in [0.29, 0.717) is 43.3 Å². The van der Waals surface area contributed by atoms with Crippen molar-refractivity contribution in [3.05, 3.63) is 59.2 Å². The third-order valence-electron chi connectivity index (χ3n) is 5.74. The van der Waals surface area contributed by atoms with Gasteiger partial charge in [0.15, 0.2) is 6.61 Å². The SMILES string of the molecule is CC(C)(C)c1ccc(OCC(=O)Nc2ccccc2C(=O)N2CCOCC2)c(C(C)(C)C)c1. The molecule has 0 saturated carbocycles. The van der Waals surface area contributed by atoms with Gasteiger partial charge < -0.3 is 19.7 Å². The molecule has 1 saturated heterocycles. The Balaban J connectivity index is 1.72. The summed E-state index contributed by atoms with van der Waals surface area (Å²) in [7, 11) is 0. The van der Waals surface area contributed by atoms with Gasteiger partial charge in [0.25, 0.3) is 11.8 Å². The number of para-hydroxylation sites is 1. The van der Waals surface area contributed by atoms with E-state index in [1.807, 2.05) is 6.07 Å². The van der Waals surface area contributed by atoms with E-state index in [0.717, 1.165) is 5.56 Å². The van der Waals surface area contributed by atoms with Crippen LogP contribution in [0.15, 0.2) is 42.5 Å².